The first-order chi connectivity index (χ1) is 9.16. The molecule has 4 nitrogen and oxygen atoms in total. The quantitative estimate of drug-likeness (QED) is 0.823. The number of amides is 2. The average molecular weight is 278 g/mol. The van der Waals surface area contributed by atoms with E-state index in [4.69, 9.17) is 0 Å². The van der Waals surface area contributed by atoms with Crippen molar-refractivity contribution in [3.63, 3.8) is 0 Å². The van der Waals surface area contributed by atoms with Gasteiger partial charge in [0.1, 0.15) is 0 Å². The van der Waals surface area contributed by atoms with Crippen LogP contribution < -0.4 is 0 Å². The first-order valence-electron chi connectivity index (χ1n) is 6.74. The van der Waals surface area contributed by atoms with Crippen LogP contribution in [0.25, 0.3) is 0 Å². The number of piperazine rings is 1. The predicted octanol–water partition coefficient (Wildman–Crippen LogP) is 1.54. The lowest BCUT2D eigenvalue weighted by Crippen LogP contribution is -2.50. The summed E-state index contributed by atoms with van der Waals surface area (Å²) in [6, 6.07) is 4.17. The van der Waals surface area contributed by atoms with Crippen LogP contribution in [0, 0.1) is 5.92 Å². The predicted molar refractivity (Wildman–Crippen MR) is 74.0 cm³/mol. The van der Waals surface area contributed by atoms with E-state index in [1.54, 1.807) is 18.3 Å². The summed E-state index contributed by atoms with van der Waals surface area (Å²) < 4.78 is 0. The Morgan fingerprint density at radius 3 is 2.47 bits per heavy atom. The largest absolute Gasteiger partial charge is 0.339 e. The van der Waals surface area contributed by atoms with Crippen molar-refractivity contribution in [1.82, 2.24) is 9.80 Å². The topological polar surface area (TPSA) is 40.6 Å². The van der Waals surface area contributed by atoms with Crippen molar-refractivity contribution >= 4 is 23.2 Å². The highest BCUT2D eigenvalue weighted by Crippen LogP contribution is 2.50. The van der Waals surface area contributed by atoms with Crippen LogP contribution in [0.4, 0.5) is 0 Å². The maximum atomic E-state index is 12.4. The molecule has 19 heavy (non-hydrogen) atoms. The molecular formula is C14H18N2O2S. The molecule has 0 radical (unpaired) electrons. The highest BCUT2D eigenvalue weighted by Gasteiger charge is 2.46. The van der Waals surface area contributed by atoms with E-state index in [0.29, 0.717) is 32.1 Å². The molecule has 2 amide bonds. The van der Waals surface area contributed by atoms with Crippen molar-refractivity contribution in [2.75, 3.05) is 26.2 Å². The van der Waals surface area contributed by atoms with Crippen LogP contribution in [0.15, 0.2) is 17.5 Å². The minimum atomic E-state index is 0.106. The number of carbonyl (C=O) groups is 2. The Hall–Kier alpha value is -1.36. The maximum Gasteiger partial charge on any atom is 0.226 e. The summed E-state index contributed by atoms with van der Waals surface area (Å²) in [5, 5.41) is 2.07. The van der Waals surface area contributed by atoms with Gasteiger partial charge >= 0.3 is 0 Å². The lowest BCUT2D eigenvalue weighted by Gasteiger charge is -2.34. The Morgan fingerprint density at radius 2 is 1.89 bits per heavy atom. The fraction of sp³-hybridized carbons (Fsp3) is 0.571. The van der Waals surface area contributed by atoms with E-state index in [1.165, 1.54) is 4.88 Å². The number of hydrogen-bond donors (Lipinski definition) is 0. The maximum absolute atomic E-state index is 12.4. The van der Waals surface area contributed by atoms with Gasteiger partial charge < -0.3 is 9.80 Å². The van der Waals surface area contributed by atoms with Crippen LogP contribution in [-0.4, -0.2) is 47.8 Å². The summed E-state index contributed by atoms with van der Waals surface area (Å²) in [6.07, 6.45) is 0.992. The molecule has 3 rings (SSSR count). The van der Waals surface area contributed by atoms with Crippen LogP contribution in [0.1, 0.15) is 24.1 Å². The van der Waals surface area contributed by atoms with Gasteiger partial charge in [-0.3, -0.25) is 9.59 Å². The van der Waals surface area contributed by atoms with Crippen molar-refractivity contribution in [2.24, 2.45) is 5.92 Å². The summed E-state index contributed by atoms with van der Waals surface area (Å²) >= 11 is 1.74. The van der Waals surface area contributed by atoms with Crippen LogP contribution >= 0.6 is 11.3 Å². The van der Waals surface area contributed by atoms with E-state index in [9.17, 15) is 9.59 Å². The summed E-state index contributed by atoms with van der Waals surface area (Å²) in [6.45, 7) is 4.32. The van der Waals surface area contributed by atoms with Gasteiger partial charge in [0.05, 0.1) is 0 Å². The van der Waals surface area contributed by atoms with Crippen LogP contribution in [0.3, 0.4) is 0 Å². The van der Waals surface area contributed by atoms with Crippen molar-refractivity contribution in [3.8, 4) is 0 Å². The van der Waals surface area contributed by atoms with Gasteiger partial charge in [-0.1, -0.05) is 6.07 Å². The molecule has 2 heterocycles. The molecule has 102 valence electrons. The summed E-state index contributed by atoms with van der Waals surface area (Å²) in [5.74, 6) is 1.01. The highest BCUT2D eigenvalue weighted by molar-refractivity contribution is 7.10. The monoisotopic (exact) mass is 278 g/mol. The third kappa shape index (κ3) is 2.52. The molecule has 1 saturated heterocycles. The standard InChI is InChI=1S/C14H18N2O2S/c1-10(17)15-4-6-16(7-5-15)14(18)12-9-11(12)13-3-2-8-19-13/h2-3,8,11-12H,4-7,9H2,1H3. The van der Waals surface area contributed by atoms with E-state index in [1.807, 2.05) is 15.9 Å². The molecule has 1 aliphatic heterocycles. The second-order valence-corrected chi connectivity index (χ2v) is 6.27. The van der Waals surface area contributed by atoms with Crippen LogP contribution in [0.2, 0.25) is 0 Å². The zero-order valence-electron chi connectivity index (χ0n) is 11.0. The van der Waals surface area contributed by atoms with Gasteiger partial charge in [0.2, 0.25) is 11.8 Å². The molecule has 2 unspecified atom stereocenters. The molecule has 2 aliphatic rings. The van der Waals surface area contributed by atoms with Crippen LogP contribution in [-0.2, 0) is 9.59 Å². The number of hydrogen-bond acceptors (Lipinski definition) is 3. The third-order valence-corrected chi connectivity index (χ3v) is 5.06. The Morgan fingerprint density at radius 1 is 1.21 bits per heavy atom. The smallest absolute Gasteiger partial charge is 0.226 e. The van der Waals surface area contributed by atoms with Crippen molar-refractivity contribution in [3.05, 3.63) is 22.4 Å². The van der Waals surface area contributed by atoms with Crippen molar-refractivity contribution in [1.29, 1.82) is 0 Å². The molecule has 1 aromatic heterocycles. The molecule has 1 aliphatic carbocycles. The van der Waals surface area contributed by atoms with E-state index >= 15 is 0 Å². The van der Waals surface area contributed by atoms with Crippen molar-refractivity contribution in [2.45, 2.75) is 19.3 Å². The fourth-order valence-electron chi connectivity index (χ4n) is 2.76. The zero-order chi connectivity index (χ0) is 13.4. The molecule has 1 aromatic rings. The van der Waals surface area contributed by atoms with Crippen LogP contribution in [0.5, 0.6) is 0 Å². The summed E-state index contributed by atoms with van der Waals surface area (Å²) in [4.78, 5) is 28.7. The van der Waals surface area contributed by atoms with Gasteiger partial charge in [0, 0.05) is 49.8 Å². The number of thiophene rings is 1. The minimum Gasteiger partial charge on any atom is -0.339 e. The van der Waals surface area contributed by atoms with Gasteiger partial charge in [-0.25, -0.2) is 0 Å². The lowest BCUT2D eigenvalue weighted by atomic mass is 10.2. The molecule has 2 atom stereocenters. The second kappa shape index (κ2) is 4.96. The van der Waals surface area contributed by atoms with E-state index in [2.05, 4.69) is 11.4 Å². The van der Waals surface area contributed by atoms with Gasteiger partial charge in [0.15, 0.2) is 0 Å². The Balaban J connectivity index is 1.54. The van der Waals surface area contributed by atoms with Crippen molar-refractivity contribution < 1.29 is 9.59 Å². The molecule has 0 aromatic carbocycles. The number of rotatable bonds is 2. The second-order valence-electron chi connectivity index (χ2n) is 5.30. The van der Waals surface area contributed by atoms with Gasteiger partial charge in [-0.2, -0.15) is 0 Å². The molecule has 0 spiro atoms. The molecule has 2 fully saturated rings. The highest BCUT2D eigenvalue weighted by atomic mass is 32.1. The van der Waals surface area contributed by atoms with Gasteiger partial charge in [-0.05, 0) is 17.9 Å². The third-order valence-electron chi connectivity index (χ3n) is 4.05. The Labute approximate surface area is 117 Å². The molecular weight excluding hydrogens is 260 g/mol. The first-order valence-corrected chi connectivity index (χ1v) is 7.62. The number of nitrogens with zero attached hydrogens (tertiary/aromatic N) is 2. The lowest BCUT2D eigenvalue weighted by molar-refractivity contribution is -0.139. The molecule has 5 heteroatoms. The summed E-state index contributed by atoms with van der Waals surface area (Å²) in [5.41, 5.74) is 0. The molecule has 0 bridgehead atoms. The minimum absolute atomic E-state index is 0.106. The normalized spacial score (nSPS) is 26.4. The Bertz CT molecular complexity index is 478. The average Bonchev–Trinajstić information content (AvgIpc) is 3.03. The first kappa shape index (κ1) is 12.7. The van der Waals surface area contributed by atoms with Gasteiger partial charge in [-0.15, -0.1) is 11.3 Å². The summed E-state index contributed by atoms with van der Waals surface area (Å²) in [7, 11) is 0. The van der Waals surface area contributed by atoms with E-state index in [0.717, 1.165) is 6.42 Å². The molecule has 1 saturated carbocycles. The Kier molecular flexibility index (Phi) is 3.31. The van der Waals surface area contributed by atoms with E-state index < -0.39 is 0 Å². The van der Waals surface area contributed by atoms with E-state index in [-0.39, 0.29) is 17.7 Å². The zero-order valence-corrected chi connectivity index (χ0v) is 11.9. The fourth-order valence-corrected chi connectivity index (χ4v) is 3.67. The van der Waals surface area contributed by atoms with Gasteiger partial charge in [0.25, 0.3) is 0 Å². The number of carbonyl (C=O) groups excluding carboxylic acids is 2. The molecule has 0 N–H and O–H groups in total. The SMILES string of the molecule is CC(=O)N1CCN(C(=O)C2CC2c2cccs2)CC1.